The summed E-state index contributed by atoms with van der Waals surface area (Å²) in [5, 5.41) is 9.42. The van der Waals surface area contributed by atoms with Crippen molar-refractivity contribution in [2.75, 3.05) is 0 Å². The standard InChI is InChI=1S/C8H13F3O3/c1-6(2,13)7(3,4)14-5(12)8(9,10)11/h13H,1-4H3. The smallest absolute Gasteiger partial charge is 0.450 e. The van der Waals surface area contributed by atoms with Gasteiger partial charge in [-0.3, -0.25) is 0 Å². The van der Waals surface area contributed by atoms with E-state index in [2.05, 4.69) is 4.74 Å². The van der Waals surface area contributed by atoms with E-state index in [9.17, 15) is 23.1 Å². The van der Waals surface area contributed by atoms with E-state index in [1.165, 1.54) is 27.7 Å². The van der Waals surface area contributed by atoms with Crippen LogP contribution >= 0.6 is 0 Å². The first-order valence-corrected chi connectivity index (χ1v) is 3.90. The highest BCUT2D eigenvalue weighted by molar-refractivity contribution is 5.76. The van der Waals surface area contributed by atoms with Gasteiger partial charge in [0, 0.05) is 0 Å². The lowest BCUT2D eigenvalue weighted by molar-refractivity contribution is -0.226. The Kier molecular flexibility index (Phi) is 3.23. The van der Waals surface area contributed by atoms with Crippen molar-refractivity contribution in [2.24, 2.45) is 0 Å². The van der Waals surface area contributed by atoms with Gasteiger partial charge < -0.3 is 9.84 Å². The highest BCUT2D eigenvalue weighted by Crippen LogP contribution is 2.28. The molecule has 0 spiro atoms. The predicted molar refractivity (Wildman–Crippen MR) is 42.5 cm³/mol. The molecule has 0 aromatic heterocycles. The molecule has 0 bridgehead atoms. The minimum absolute atomic E-state index is 1.20. The fraction of sp³-hybridized carbons (Fsp3) is 0.875. The predicted octanol–water partition coefficient (Wildman–Crippen LogP) is 1.64. The number of rotatable bonds is 2. The number of halogens is 3. The number of hydrogen-bond donors (Lipinski definition) is 1. The average Bonchev–Trinajstić information content (AvgIpc) is 1.80. The highest BCUT2D eigenvalue weighted by atomic mass is 19.4. The van der Waals surface area contributed by atoms with Crippen molar-refractivity contribution in [3.05, 3.63) is 0 Å². The van der Waals surface area contributed by atoms with Gasteiger partial charge in [-0.25, -0.2) is 4.79 Å². The fourth-order valence-electron chi connectivity index (χ4n) is 0.414. The number of carbonyl (C=O) groups is 1. The number of carbonyl (C=O) groups excluding carboxylic acids is 1. The van der Waals surface area contributed by atoms with Crippen molar-refractivity contribution in [2.45, 2.75) is 45.1 Å². The Bertz CT molecular complexity index is 225. The number of alkyl halides is 3. The monoisotopic (exact) mass is 214 g/mol. The molecule has 14 heavy (non-hydrogen) atoms. The number of esters is 1. The summed E-state index contributed by atoms with van der Waals surface area (Å²) in [7, 11) is 0. The lowest BCUT2D eigenvalue weighted by atomic mass is 9.89. The van der Waals surface area contributed by atoms with Gasteiger partial charge in [0.1, 0.15) is 5.60 Å². The summed E-state index contributed by atoms with van der Waals surface area (Å²) in [6.07, 6.45) is -5.04. The SMILES string of the molecule is CC(C)(O)C(C)(C)OC(=O)C(F)(F)F. The van der Waals surface area contributed by atoms with E-state index in [0.717, 1.165) is 0 Å². The van der Waals surface area contributed by atoms with Gasteiger partial charge in [-0.15, -0.1) is 0 Å². The van der Waals surface area contributed by atoms with Gasteiger partial charge in [0.15, 0.2) is 0 Å². The molecule has 0 aliphatic rings. The molecule has 0 atom stereocenters. The minimum atomic E-state index is -5.04. The molecule has 0 unspecified atom stereocenters. The van der Waals surface area contributed by atoms with E-state index >= 15 is 0 Å². The van der Waals surface area contributed by atoms with E-state index in [0.29, 0.717) is 0 Å². The topological polar surface area (TPSA) is 46.5 Å². The normalized spacial score (nSPS) is 14.0. The molecule has 6 heteroatoms. The number of aliphatic hydroxyl groups is 1. The Morgan fingerprint density at radius 3 is 1.71 bits per heavy atom. The number of ether oxygens (including phenoxy) is 1. The summed E-state index contributed by atoms with van der Waals surface area (Å²) in [4.78, 5) is 10.5. The Morgan fingerprint density at radius 1 is 1.14 bits per heavy atom. The molecule has 0 aliphatic carbocycles. The summed E-state index contributed by atoms with van der Waals surface area (Å²) in [5.41, 5.74) is -3.15. The van der Waals surface area contributed by atoms with Crippen LogP contribution in [-0.4, -0.2) is 28.5 Å². The molecule has 84 valence electrons. The summed E-state index contributed by atoms with van der Waals surface area (Å²) >= 11 is 0. The van der Waals surface area contributed by atoms with Crippen LogP contribution in [-0.2, 0) is 9.53 Å². The van der Waals surface area contributed by atoms with Crippen LogP contribution in [0.25, 0.3) is 0 Å². The average molecular weight is 214 g/mol. The van der Waals surface area contributed by atoms with Gasteiger partial charge in [-0.05, 0) is 27.7 Å². The third kappa shape index (κ3) is 3.17. The zero-order valence-corrected chi connectivity index (χ0v) is 8.40. The van der Waals surface area contributed by atoms with Crippen LogP contribution in [0.3, 0.4) is 0 Å². The van der Waals surface area contributed by atoms with E-state index < -0.39 is 23.3 Å². The molecule has 0 heterocycles. The van der Waals surface area contributed by atoms with Crippen molar-refractivity contribution >= 4 is 5.97 Å². The van der Waals surface area contributed by atoms with Gasteiger partial charge in [0.05, 0.1) is 5.60 Å². The zero-order chi connectivity index (χ0) is 11.8. The Balaban J connectivity index is 4.62. The minimum Gasteiger partial charge on any atom is -0.450 e. The Labute approximate surface area is 79.9 Å². The van der Waals surface area contributed by atoms with Crippen LogP contribution in [0.2, 0.25) is 0 Å². The first kappa shape index (κ1) is 13.2. The summed E-state index contributed by atoms with van der Waals surface area (Å²) in [6.45, 7) is 4.93. The van der Waals surface area contributed by atoms with Crippen LogP contribution < -0.4 is 0 Å². The summed E-state index contributed by atoms with van der Waals surface area (Å²) < 4.78 is 39.6. The molecule has 0 aliphatic heterocycles. The maximum Gasteiger partial charge on any atom is 0.490 e. The lowest BCUT2D eigenvalue weighted by Gasteiger charge is -2.36. The Hall–Kier alpha value is -0.780. The maximum absolute atomic E-state index is 11.8. The molecular weight excluding hydrogens is 201 g/mol. The molecule has 0 saturated heterocycles. The zero-order valence-electron chi connectivity index (χ0n) is 8.40. The third-order valence-corrected chi connectivity index (χ3v) is 2.05. The van der Waals surface area contributed by atoms with Gasteiger partial charge in [-0.2, -0.15) is 13.2 Å². The van der Waals surface area contributed by atoms with E-state index in [4.69, 9.17) is 0 Å². The van der Waals surface area contributed by atoms with Crippen molar-refractivity contribution in [3.8, 4) is 0 Å². The molecular formula is C8H13F3O3. The van der Waals surface area contributed by atoms with Crippen LogP contribution in [0.1, 0.15) is 27.7 Å². The quantitative estimate of drug-likeness (QED) is 0.711. The number of hydrogen-bond acceptors (Lipinski definition) is 3. The van der Waals surface area contributed by atoms with Crippen molar-refractivity contribution in [1.82, 2.24) is 0 Å². The second kappa shape index (κ2) is 3.42. The van der Waals surface area contributed by atoms with E-state index in [1.54, 1.807) is 0 Å². The highest BCUT2D eigenvalue weighted by Gasteiger charge is 2.47. The van der Waals surface area contributed by atoms with Gasteiger partial charge in [0.25, 0.3) is 0 Å². The van der Waals surface area contributed by atoms with Crippen LogP contribution in [0.5, 0.6) is 0 Å². The van der Waals surface area contributed by atoms with Gasteiger partial charge in [0.2, 0.25) is 0 Å². The van der Waals surface area contributed by atoms with Gasteiger partial charge >= 0.3 is 12.1 Å². The molecule has 3 nitrogen and oxygen atoms in total. The molecule has 0 rings (SSSR count). The van der Waals surface area contributed by atoms with E-state index in [1.807, 2.05) is 0 Å². The second-order valence-electron chi connectivity index (χ2n) is 3.96. The van der Waals surface area contributed by atoms with Gasteiger partial charge in [-0.1, -0.05) is 0 Å². The van der Waals surface area contributed by atoms with Crippen LogP contribution in [0.4, 0.5) is 13.2 Å². The van der Waals surface area contributed by atoms with Crippen molar-refractivity contribution in [1.29, 1.82) is 0 Å². The van der Waals surface area contributed by atoms with Crippen molar-refractivity contribution in [3.63, 3.8) is 0 Å². The largest absolute Gasteiger partial charge is 0.490 e. The van der Waals surface area contributed by atoms with Crippen LogP contribution in [0, 0.1) is 0 Å². The van der Waals surface area contributed by atoms with Crippen LogP contribution in [0.15, 0.2) is 0 Å². The lowest BCUT2D eigenvalue weighted by Crippen LogP contribution is -2.50. The summed E-state index contributed by atoms with van der Waals surface area (Å²) in [5.74, 6) is -2.30. The molecule has 0 radical (unpaired) electrons. The summed E-state index contributed by atoms with van der Waals surface area (Å²) in [6, 6.07) is 0. The molecule has 1 N–H and O–H groups in total. The van der Waals surface area contributed by atoms with Crippen molar-refractivity contribution < 1.29 is 27.8 Å². The molecule has 0 amide bonds. The first-order chi connectivity index (χ1) is 5.88. The van der Waals surface area contributed by atoms with E-state index in [-0.39, 0.29) is 0 Å². The third-order valence-electron chi connectivity index (χ3n) is 2.05. The molecule has 0 saturated carbocycles. The molecule has 0 aromatic rings. The maximum atomic E-state index is 11.8. The molecule has 0 fully saturated rings. The second-order valence-corrected chi connectivity index (χ2v) is 3.96. The fourth-order valence-corrected chi connectivity index (χ4v) is 0.414. The molecule has 0 aromatic carbocycles. The Morgan fingerprint density at radius 2 is 1.50 bits per heavy atom. The first-order valence-electron chi connectivity index (χ1n) is 3.90.